The predicted octanol–water partition coefficient (Wildman–Crippen LogP) is 4.97. The van der Waals surface area contributed by atoms with Crippen LogP contribution in [-0.2, 0) is 6.54 Å². The molecule has 0 atom stereocenters. The molecule has 2 amide bonds. The molecule has 0 spiro atoms. The Labute approximate surface area is 169 Å². The van der Waals surface area contributed by atoms with Crippen molar-refractivity contribution < 1.29 is 9.53 Å². The Hall–Kier alpha value is -3.80. The topological polar surface area (TPSA) is 58.9 Å². The molecule has 0 saturated carbocycles. The predicted molar refractivity (Wildman–Crippen MR) is 114 cm³/mol. The maximum Gasteiger partial charge on any atom is 0.326 e. The summed E-state index contributed by atoms with van der Waals surface area (Å²) in [7, 11) is 0. The van der Waals surface area contributed by atoms with Crippen molar-refractivity contribution in [3.05, 3.63) is 90.9 Å². The van der Waals surface area contributed by atoms with Crippen LogP contribution in [0.4, 0.5) is 16.2 Å². The molecule has 29 heavy (non-hydrogen) atoms. The van der Waals surface area contributed by atoms with E-state index in [-0.39, 0.29) is 6.03 Å². The Kier molecular flexibility index (Phi) is 5.42. The first kappa shape index (κ1) is 18.6. The number of aromatic nitrogens is 2. The van der Waals surface area contributed by atoms with Gasteiger partial charge in [-0.15, -0.1) is 0 Å². The van der Waals surface area contributed by atoms with E-state index in [9.17, 15) is 4.79 Å². The van der Waals surface area contributed by atoms with Crippen molar-refractivity contribution in [2.45, 2.75) is 13.5 Å². The number of nitrogens with one attached hydrogen (secondary N) is 1. The molecule has 0 bridgehead atoms. The highest BCUT2D eigenvalue weighted by atomic mass is 16.5. The quantitative estimate of drug-likeness (QED) is 0.509. The van der Waals surface area contributed by atoms with Gasteiger partial charge < -0.3 is 14.5 Å². The third-order valence-electron chi connectivity index (χ3n) is 4.54. The number of nitrogens with zero attached hydrogens (tertiary/aromatic N) is 3. The van der Waals surface area contributed by atoms with Crippen molar-refractivity contribution in [3.8, 4) is 5.75 Å². The van der Waals surface area contributed by atoms with Gasteiger partial charge in [0.2, 0.25) is 0 Å². The average molecular weight is 386 g/mol. The zero-order valence-corrected chi connectivity index (χ0v) is 16.2. The van der Waals surface area contributed by atoms with Gasteiger partial charge in [-0.3, -0.25) is 4.90 Å². The van der Waals surface area contributed by atoms with Crippen LogP contribution in [0.3, 0.4) is 0 Å². The van der Waals surface area contributed by atoms with Crippen LogP contribution in [0.25, 0.3) is 5.65 Å². The zero-order chi connectivity index (χ0) is 20.1. The number of carbonyl (C=O) groups is 1. The number of benzene rings is 2. The Morgan fingerprint density at radius 2 is 1.79 bits per heavy atom. The zero-order valence-electron chi connectivity index (χ0n) is 16.2. The third-order valence-corrected chi connectivity index (χ3v) is 4.54. The molecule has 1 N–H and O–H groups in total. The van der Waals surface area contributed by atoms with E-state index in [1.54, 1.807) is 11.1 Å². The molecule has 2 aromatic heterocycles. The van der Waals surface area contributed by atoms with E-state index in [1.165, 1.54) is 0 Å². The summed E-state index contributed by atoms with van der Waals surface area (Å²) in [6.07, 6.45) is 3.75. The van der Waals surface area contributed by atoms with Gasteiger partial charge in [0, 0.05) is 17.6 Å². The van der Waals surface area contributed by atoms with Gasteiger partial charge in [-0.2, -0.15) is 0 Å². The number of rotatable bonds is 6. The third kappa shape index (κ3) is 4.21. The smallest absolute Gasteiger partial charge is 0.326 e. The van der Waals surface area contributed by atoms with Crippen LogP contribution in [-0.4, -0.2) is 22.0 Å². The minimum Gasteiger partial charge on any atom is -0.494 e. The molecular formula is C23H22N4O2. The number of fused-ring (bicyclic) bond motifs is 1. The number of imidazole rings is 1. The van der Waals surface area contributed by atoms with Gasteiger partial charge in [0.25, 0.3) is 0 Å². The fourth-order valence-corrected chi connectivity index (χ4v) is 3.14. The lowest BCUT2D eigenvalue weighted by Crippen LogP contribution is -2.34. The molecule has 2 aromatic carbocycles. The van der Waals surface area contributed by atoms with Crippen LogP contribution in [0.2, 0.25) is 0 Å². The van der Waals surface area contributed by atoms with Crippen molar-refractivity contribution in [1.82, 2.24) is 9.38 Å². The van der Waals surface area contributed by atoms with E-state index in [0.717, 1.165) is 22.8 Å². The van der Waals surface area contributed by atoms with Crippen molar-refractivity contribution in [2.24, 2.45) is 0 Å². The van der Waals surface area contributed by atoms with E-state index < -0.39 is 0 Å². The van der Waals surface area contributed by atoms with Gasteiger partial charge in [0.05, 0.1) is 25.0 Å². The Bertz CT molecular complexity index is 1090. The van der Waals surface area contributed by atoms with Gasteiger partial charge in [0.1, 0.15) is 11.4 Å². The standard InChI is InChI=1S/C23H22N4O2/c1-2-29-21-13-11-18(12-14-21)25-23(28)27(19-8-4-3-5-9-19)17-20-16-24-22-10-6-7-15-26(20)22/h3-16H,2,17H2,1H3,(H,25,28). The number of amides is 2. The van der Waals surface area contributed by atoms with Crippen LogP contribution in [0.5, 0.6) is 5.75 Å². The Morgan fingerprint density at radius 3 is 2.55 bits per heavy atom. The van der Waals surface area contributed by atoms with E-state index in [1.807, 2.05) is 90.3 Å². The van der Waals surface area contributed by atoms with Crippen LogP contribution >= 0.6 is 0 Å². The Morgan fingerprint density at radius 1 is 1.03 bits per heavy atom. The molecule has 146 valence electrons. The first-order valence-corrected chi connectivity index (χ1v) is 9.52. The average Bonchev–Trinajstić information content (AvgIpc) is 3.17. The molecule has 0 aliphatic heterocycles. The monoisotopic (exact) mass is 386 g/mol. The summed E-state index contributed by atoms with van der Waals surface area (Å²) in [4.78, 5) is 19.3. The van der Waals surface area contributed by atoms with Gasteiger partial charge in [0.15, 0.2) is 0 Å². The summed E-state index contributed by atoms with van der Waals surface area (Å²) < 4.78 is 7.45. The number of pyridine rings is 1. The summed E-state index contributed by atoms with van der Waals surface area (Å²) in [6, 6.07) is 22.6. The summed E-state index contributed by atoms with van der Waals surface area (Å²) in [5, 5.41) is 2.97. The molecule has 2 heterocycles. The largest absolute Gasteiger partial charge is 0.494 e. The number of ether oxygens (including phenoxy) is 1. The second-order valence-corrected chi connectivity index (χ2v) is 6.49. The highest BCUT2D eigenvalue weighted by molar-refractivity contribution is 6.01. The van der Waals surface area contributed by atoms with E-state index in [2.05, 4.69) is 10.3 Å². The molecule has 0 aliphatic rings. The summed E-state index contributed by atoms with van der Waals surface area (Å²) in [5.74, 6) is 0.774. The highest BCUT2D eigenvalue weighted by Gasteiger charge is 2.18. The molecule has 0 fully saturated rings. The lowest BCUT2D eigenvalue weighted by atomic mass is 10.2. The minimum absolute atomic E-state index is 0.216. The van der Waals surface area contributed by atoms with Gasteiger partial charge in [-0.25, -0.2) is 9.78 Å². The molecule has 4 aromatic rings. The highest BCUT2D eigenvalue weighted by Crippen LogP contribution is 2.21. The number of urea groups is 1. The fourth-order valence-electron chi connectivity index (χ4n) is 3.14. The Balaban J connectivity index is 1.59. The SMILES string of the molecule is CCOc1ccc(NC(=O)N(Cc2cnc3ccccn23)c2ccccc2)cc1. The van der Waals surface area contributed by atoms with Crippen LogP contribution in [0.1, 0.15) is 12.6 Å². The number of hydrogen-bond acceptors (Lipinski definition) is 3. The molecule has 6 heteroatoms. The molecule has 0 unspecified atom stereocenters. The molecule has 6 nitrogen and oxygen atoms in total. The van der Waals surface area contributed by atoms with E-state index in [0.29, 0.717) is 18.8 Å². The molecular weight excluding hydrogens is 364 g/mol. The normalized spacial score (nSPS) is 10.7. The van der Waals surface area contributed by atoms with Crippen molar-refractivity contribution >= 4 is 23.1 Å². The number of hydrogen-bond donors (Lipinski definition) is 1. The maximum atomic E-state index is 13.1. The van der Waals surface area contributed by atoms with Crippen molar-refractivity contribution in [2.75, 3.05) is 16.8 Å². The summed E-state index contributed by atoms with van der Waals surface area (Å²) in [5.41, 5.74) is 3.29. The number of anilines is 2. The fraction of sp³-hybridized carbons (Fsp3) is 0.130. The molecule has 0 radical (unpaired) electrons. The van der Waals surface area contributed by atoms with Gasteiger partial charge >= 0.3 is 6.03 Å². The lowest BCUT2D eigenvalue weighted by Gasteiger charge is -2.23. The number of carbonyl (C=O) groups excluding carboxylic acids is 1. The summed E-state index contributed by atoms with van der Waals surface area (Å²) in [6.45, 7) is 2.93. The summed E-state index contributed by atoms with van der Waals surface area (Å²) >= 11 is 0. The van der Waals surface area contributed by atoms with Crippen LogP contribution < -0.4 is 15.0 Å². The molecule has 0 aliphatic carbocycles. The first-order valence-electron chi connectivity index (χ1n) is 9.52. The first-order chi connectivity index (χ1) is 14.2. The minimum atomic E-state index is -0.216. The molecule has 4 rings (SSSR count). The second-order valence-electron chi connectivity index (χ2n) is 6.49. The van der Waals surface area contributed by atoms with Crippen molar-refractivity contribution in [3.63, 3.8) is 0 Å². The number of para-hydroxylation sites is 1. The van der Waals surface area contributed by atoms with Crippen LogP contribution in [0.15, 0.2) is 85.2 Å². The van der Waals surface area contributed by atoms with Gasteiger partial charge in [-0.1, -0.05) is 24.3 Å². The maximum absolute atomic E-state index is 13.1. The lowest BCUT2D eigenvalue weighted by molar-refractivity contribution is 0.256. The second kappa shape index (κ2) is 8.48. The van der Waals surface area contributed by atoms with Crippen LogP contribution in [0, 0.1) is 0 Å². The van der Waals surface area contributed by atoms with Crippen molar-refractivity contribution in [1.29, 1.82) is 0 Å². The molecule has 0 saturated heterocycles. The van der Waals surface area contributed by atoms with Gasteiger partial charge in [-0.05, 0) is 55.5 Å². The van der Waals surface area contributed by atoms with E-state index in [4.69, 9.17) is 4.74 Å². The van der Waals surface area contributed by atoms with E-state index >= 15 is 0 Å².